The molecule has 6 heteroatoms. The Morgan fingerprint density at radius 2 is 1.58 bits per heavy atom. The lowest BCUT2D eigenvalue weighted by molar-refractivity contribution is 0.726. The Kier molecular flexibility index (Phi) is 4.18. The van der Waals surface area contributed by atoms with E-state index in [1.807, 2.05) is 30.3 Å². The van der Waals surface area contributed by atoms with Gasteiger partial charge in [-0.25, -0.2) is 9.97 Å². The number of rotatable bonds is 3. The average molecular weight is 320 g/mol. The van der Waals surface area contributed by atoms with Gasteiger partial charge in [-0.1, -0.05) is 31.0 Å². The summed E-state index contributed by atoms with van der Waals surface area (Å²) in [5, 5.41) is 3.36. The van der Waals surface area contributed by atoms with E-state index in [-0.39, 0.29) is 0 Å². The maximum atomic E-state index is 4.76. The Labute approximate surface area is 141 Å². The smallest absolute Gasteiger partial charge is 0.229 e. The minimum Gasteiger partial charge on any atom is -0.341 e. The lowest BCUT2D eigenvalue weighted by Crippen LogP contribution is -2.26. The van der Waals surface area contributed by atoms with Crippen molar-refractivity contribution in [2.45, 2.75) is 25.7 Å². The number of para-hydroxylation sites is 1. The average Bonchev–Trinajstić information content (AvgIpc) is 2.92. The Bertz CT molecular complexity index is 812. The fourth-order valence-corrected chi connectivity index (χ4v) is 3.01. The first kappa shape index (κ1) is 14.8. The summed E-state index contributed by atoms with van der Waals surface area (Å²) in [5.41, 5.74) is 2.30. The van der Waals surface area contributed by atoms with Gasteiger partial charge < -0.3 is 10.2 Å². The van der Waals surface area contributed by atoms with Crippen LogP contribution in [-0.4, -0.2) is 33.0 Å². The molecule has 0 atom stereocenters. The van der Waals surface area contributed by atoms with Crippen LogP contribution in [0.3, 0.4) is 0 Å². The third-order valence-corrected chi connectivity index (χ3v) is 4.25. The summed E-state index contributed by atoms with van der Waals surface area (Å²) >= 11 is 0. The standard InChI is InChI=1S/C18H20N6/c1-2-7-13-24(12-6-1)18-22-16-15(19-10-11-20-16)17(23-18)21-14-8-4-3-5-9-14/h3-5,8-11H,1-2,6-7,12-13H2,(H,20,21,22,23). The van der Waals surface area contributed by atoms with E-state index in [1.165, 1.54) is 25.7 Å². The van der Waals surface area contributed by atoms with Gasteiger partial charge in [-0.3, -0.25) is 0 Å². The number of nitrogens with zero attached hydrogens (tertiary/aromatic N) is 5. The highest BCUT2D eigenvalue weighted by Gasteiger charge is 2.16. The molecular formula is C18H20N6. The van der Waals surface area contributed by atoms with E-state index in [0.29, 0.717) is 17.0 Å². The molecule has 0 saturated carbocycles. The Morgan fingerprint density at radius 1 is 0.833 bits per heavy atom. The van der Waals surface area contributed by atoms with E-state index in [2.05, 4.69) is 25.2 Å². The second-order valence-corrected chi connectivity index (χ2v) is 5.99. The summed E-state index contributed by atoms with van der Waals surface area (Å²) in [6, 6.07) is 10.00. The molecule has 4 rings (SSSR count). The zero-order valence-corrected chi connectivity index (χ0v) is 13.5. The first-order chi connectivity index (χ1) is 11.9. The molecule has 1 aliphatic heterocycles. The van der Waals surface area contributed by atoms with Crippen molar-refractivity contribution in [2.24, 2.45) is 0 Å². The SMILES string of the molecule is c1ccc(Nc2nc(N3CCCCCC3)nc3nccnc23)cc1. The fourth-order valence-electron chi connectivity index (χ4n) is 3.01. The van der Waals surface area contributed by atoms with E-state index in [1.54, 1.807) is 12.4 Å². The molecule has 1 saturated heterocycles. The first-order valence-corrected chi connectivity index (χ1v) is 8.46. The van der Waals surface area contributed by atoms with Crippen LogP contribution in [0.5, 0.6) is 0 Å². The van der Waals surface area contributed by atoms with Crippen LogP contribution in [-0.2, 0) is 0 Å². The molecule has 2 aromatic heterocycles. The van der Waals surface area contributed by atoms with Crippen LogP contribution in [0.15, 0.2) is 42.7 Å². The minimum absolute atomic E-state index is 0.630. The van der Waals surface area contributed by atoms with Gasteiger partial charge in [0.1, 0.15) is 0 Å². The van der Waals surface area contributed by atoms with Crippen LogP contribution in [0.4, 0.5) is 17.5 Å². The van der Waals surface area contributed by atoms with Crippen LogP contribution < -0.4 is 10.2 Å². The van der Waals surface area contributed by atoms with Gasteiger partial charge in [-0.15, -0.1) is 0 Å². The van der Waals surface area contributed by atoms with Crippen molar-refractivity contribution in [3.63, 3.8) is 0 Å². The monoisotopic (exact) mass is 320 g/mol. The highest BCUT2D eigenvalue weighted by atomic mass is 15.3. The van der Waals surface area contributed by atoms with Crippen LogP contribution in [0.2, 0.25) is 0 Å². The first-order valence-electron chi connectivity index (χ1n) is 8.46. The number of fused-ring (bicyclic) bond motifs is 1. The topological polar surface area (TPSA) is 66.8 Å². The van der Waals surface area contributed by atoms with Gasteiger partial charge in [0.15, 0.2) is 17.0 Å². The molecule has 0 amide bonds. The molecule has 0 bridgehead atoms. The number of hydrogen-bond acceptors (Lipinski definition) is 6. The number of hydrogen-bond donors (Lipinski definition) is 1. The fraction of sp³-hybridized carbons (Fsp3) is 0.333. The Hall–Kier alpha value is -2.76. The number of aromatic nitrogens is 4. The zero-order valence-electron chi connectivity index (χ0n) is 13.5. The normalized spacial score (nSPS) is 15.2. The quantitative estimate of drug-likeness (QED) is 0.796. The zero-order chi connectivity index (χ0) is 16.2. The molecule has 6 nitrogen and oxygen atoms in total. The van der Waals surface area contributed by atoms with E-state index in [9.17, 15) is 0 Å². The summed E-state index contributed by atoms with van der Waals surface area (Å²) in [4.78, 5) is 20.5. The van der Waals surface area contributed by atoms with Crippen molar-refractivity contribution in [1.29, 1.82) is 0 Å². The lowest BCUT2D eigenvalue weighted by atomic mass is 10.2. The molecule has 1 N–H and O–H groups in total. The Morgan fingerprint density at radius 3 is 2.38 bits per heavy atom. The van der Waals surface area contributed by atoms with Crippen LogP contribution in [0.25, 0.3) is 11.2 Å². The van der Waals surface area contributed by atoms with Crippen molar-refractivity contribution < 1.29 is 0 Å². The van der Waals surface area contributed by atoms with E-state index < -0.39 is 0 Å². The molecule has 1 aromatic carbocycles. The minimum atomic E-state index is 0.630. The molecule has 24 heavy (non-hydrogen) atoms. The summed E-state index contributed by atoms with van der Waals surface area (Å²) in [7, 11) is 0. The van der Waals surface area contributed by atoms with Crippen LogP contribution in [0, 0.1) is 0 Å². The van der Waals surface area contributed by atoms with Gasteiger partial charge in [-0.2, -0.15) is 9.97 Å². The van der Waals surface area contributed by atoms with Crippen molar-refractivity contribution in [1.82, 2.24) is 19.9 Å². The second-order valence-electron chi connectivity index (χ2n) is 5.99. The predicted molar refractivity (Wildman–Crippen MR) is 95.5 cm³/mol. The number of anilines is 3. The predicted octanol–water partition coefficient (Wildman–Crippen LogP) is 3.54. The third kappa shape index (κ3) is 3.13. The molecule has 0 spiro atoms. The number of nitrogens with one attached hydrogen (secondary N) is 1. The van der Waals surface area contributed by atoms with Gasteiger partial charge in [-0.05, 0) is 25.0 Å². The molecular weight excluding hydrogens is 300 g/mol. The second kappa shape index (κ2) is 6.78. The Balaban J connectivity index is 1.75. The van der Waals surface area contributed by atoms with Crippen molar-refractivity contribution in [3.8, 4) is 0 Å². The summed E-state index contributed by atoms with van der Waals surface area (Å²) in [6.07, 6.45) is 8.27. The molecule has 0 radical (unpaired) electrons. The molecule has 0 aliphatic carbocycles. The van der Waals surface area contributed by atoms with Gasteiger partial charge in [0.2, 0.25) is 5.95 Å². The highest BCUT2D eigenvalue weighted by molar-refractivity contribution is 5.85. The molecule has 1 aliphatic rings. The highest BCUT2D eigenvalue weighted by Crippen LogP contribution is 2.25. The summed E-state index contributed by atoms with van der Waals surface area (Å²) in [5.74, 6) is 1.45. The molecule has 1 fully saturated rings. The van der Waals surface area contributed by atoms with Crippen molar-refractivity contribution in [3.05, 3.63) is 42.7 Å². The van der Waals surface area contributed by atoms with E-state index >= 15 is 0 Å². The largest absolute Gasteiger partial charge is 0.341 e. The number of benzene rings is 1. The van der Waals surface area contributed by atoms with E-state index in [0.717, 1.165) is 24.7 Å². The van der Waals surface area contributed by atoms with Gasteiger partial charge >= 0.3 is 0 Å². The maximum absolute atomic E-state index is 4.76. The molecule has 3 heterocycles. The molecule has 0 unspecified atom stereocenters. The summed E-state index contributed by atoms with van der Waals surface area (Å²) < 4.78 is 0. The summed E-state index contributed by atoms with van der Waals surface area (Å²) in [6.45, 7) is 1.99. The maximum Gasteiger partial charge on any atom is 0.229 e. The van der Waals surface area contributed by atoms with Gasteiger partial charge in [0, 0.05) is 31.2 Å². The van der Waals surface area contributed by atoms with Crippen molar-refractivity contribution >= 4 is 28.6 Å². The third-order valence-electron chi connectivity index (χ3n) is 4.25. The molecule has 3 aromatic rings. The van der Waals surface area contributed by atoms with Gasteiger partial charge in [0.25, 0.3) is 0 Å². The van der Waals surface area contributed by atoms with Gasteiger partial charge in [0.05, 0.1) is 0 Å². The van der Waals surface area contributed by atoms with E-state index in [4.69, 9.17) is 4.98 Å². The lowest BCUT2D eigenvalue weighted by Gasteiger charge is -2.21. The van der Waals surface area contributed by atoms with Crippen molar-refractivity contribution in [2.75, 3.05) is 23.3 Å². The van der Waals surface area contributed by atoms with Crippen LogP contribution >= 0.6 is 0 Å². The van der Waals surface area contributed by atoms with Crippen LogP contribution in [0.1, 0.15) is 25.7 Å². The molecule has 122 valence electrons.